The highest BCUT2D eigenvalue weighted by Gasteiger charge is 2.13. The third kappa shape index (κ3) is 3.91. The quantitative estimate of drug-likeness (QED) is 0.863. The Labute approximate surface area is 113 Å². The van der Waals surface area contributed by atoms with Gasteiger partial charge in [-0.1, -0.05) is 12.1 Å². The van der Waals surface area contributed by atoms with Gasteiger partial charge in [-0.15, -0.1) is 0 Å². The van der Waals surface area contributed by atoms with Gasteiger partial charge in [-0.25, -0.2) is 4.98 Å². The second-order valence-electron chi connectivity index (χ2n) is 5.46. The van der Waals surface area contributed by atoms with Crippen LogP contribution in [0.15, 0.2) is 36.8 Å². The third-order valence-corrected chi connectivity index (χ3v) is 3.10. The molecule has 0 aliphatic heterocycles. The molecule has 19 heavy (non-hydrogen) atoms. The van der Waals surface area contributed by atoms with Crippen LogP contribution in [-0.2, 0) is 13.0 Å². The van der Waals surface area contributed by atoms with Gasteiger partial charge >= 0.3 is 0 Å². The first-order valence-corrected chi connectivity index (χ1v) is 6.52. The number of aromatic nitrogens is 2. The van der Waals surface area contributed by atoms with Gasteiger partial charge in [0.1, 0.15) is 0 Å². The Morgan fingerprint density at radius 3 is 2.53 bits per heavy atom. The second-order valence-corrected chi connectivity index (χ2v) is 5.46. The lowest BCUT2D eigenvalue weighted by molar-refractivity contribution is 0.0711. The van der Waals surface area contributed by atoms with E-state index in [1.807, 2.05) is 48.9 Å². The molecule has 1 aromatic heterocycles. The molecular weight excluding hydrogens is 238 g/mol. The minimum absolute atomic E-state index is 0.557. The van der Waals surface area contributed by atoms with Crippen molar-refractivity contribution in [2.75, 3.05) is 0 Å². The maximum absolute atomic E-state index is 9.71. The molecule has 0 atom stereocenters. The van der Waals surface area contributed by atoms with E-state index in [0.29, 0.717) is 13.0 Å². The van der Waals surface area contributed by atoms with E-state index in [0.717, 1.165) is 23.4 Å². The maximum Gasteiger partial charge on any atom is 0.0995 e. The van der Waals surface area contributed by atoms with Crippen LogP contribution in [0.25, 0.3) is 5.69 Å². The Bertz CT molecular complexity index is 523. The van der Waals surface area contributed by atoms with Crippen molar-refractivity contribution in [2.24, 2.45) is 5.73 Å². The molecule has 0 saturated heterocycles. The monoisotopic (exact) mass is 259 g/mol. The van der Waals surface area contributed by atoms with Crippen molar-refractivity contribution in [3.05, 3.63) is 48.0 Å². The summed E-state index contributed by atoms with van der Waals surface area (Å²) < 4.78 is 1.99. The predicted molar refractivity (Wildman–Crippen MR) is 76.1 cm³/mol. The van der Waals surface area contributed by atoms with Gasteiger partial charge in [0.25, 0.3) is 0 Å². The van der Waals surface area contributed by atoms with Gasteiger partial charge in [0.05, 0.1) is 17.6 Å². The highest BCUT2D eigenvalue weighted by atomic mass is 16.3. The van der Waals surface area contributed by atoms with Crippen molar-refractivity contribution in [1.29, 1.82) is 0 Å². The van der Waals surface area contributed by atoms with Crippen molar-refractivity contribution in [2.45, 2.75) is 38.8 Å². The molecular formula is C15H21N3O. The minimum atomic E-state index is -0.646. The number of rotatable bonds is 5. The van der Waals surface area contributed by atoms with Gasteiger partial charge in [-0.05, 0) is 44.4 Å². The summed E-state index contributed by atoms with van der Waals surface area (Å²) in [5, 5.41) is 9.71. The number of aliphatic hydroxyl groups is 1. The number of nitrogens with zero attached hydrogens (tertiary/aromatic N) is 2. The largest absolute Gasteiger partial charge is 0.390 e. The highest BCUT2D eigenvalue weighted by Crippen LogP contribution is 2.14. The summed E-state index contributed by atoms with van der Waals surface area (Å²) in [4.78, 5) is 4.37. The summed E-state index contributed by atoms with van der Waals surface area (Å²) >= 11 is 0. The maximum atomic E-state index is 9.71. The van der Waals surface area contributed by atoms with E-state index in [9.17, 15) is 5.11 Å². The summed E-state index contributed by atoms with van der Waals surface area (Å²) in [6.45, 7) is 4.19. The normalized spacial score (nSPS) is 11.8. The van der Waals surface area contributed by atoms with E-state index < -0.39 is 5.60 Å². The fourth-order valence-corrected chi connectivity index (χ4v) is 1.87. The van der Waals surface area contributed by atoms with E-state index in [2.05, 4.69) is 4.98 Å². The summed E-state index contributed by atoms with van der Waals surface area (Å²) in [6, 6.07) is 8.10. The van der Waals surface area contributed by atoms with Gasteiger partial charge in [0.2, 0.25) is 0 Å². The van der Waals surface area contributed by atoms with Crippen LogP contribution in [0.5, 0.6) is 0 Å². The lowest BCUT2D eigenvalue weighted by Gasteiger charge is -2.15. The molecule has 0 radical (unpaired) electrons. The first-order valence-electron chi connectivity index (χ1n) is 6.52. The molecule has 1 heterocycles. The van der Waals surface area contributed by atoms with Crippen LogP contribution in [0.3, 0.4) is 0 Å². The van der Waals surface area contributed by atoms with Gasteiger partial charge in [-0.3, -0.25) is 0 Å². The third-order valence-electron chi connectivity index (χ3n) is 3.10. The van der Waals surface area contributed by atoms with Gasteiger partial charge < -0.3 is 15.4 Å². The number of benzene rings is 1. The molecule has 4 nitrogen and oxygen atoms in total. The zero-order chi connectivity index (χ0) is 13.9. The fraction of sp³-hybridized carbons (Fsp3) is 0.400. The standard InChI is InChI=1S/C15H21N3O/c1-15(2,19)8-7-13-10-18(11-17-13)14-5-3-12(9-16)4-6-14/h3-6,10-11,19H,7-9,16H2,1-2H3. The molecule has 4 heteroatoms. The number of hydrogen-bond donors (Lipinski definition) is 2. The van der Waals surface area contributed by atoms with Crippen LogP contribution >= 0.6 is 0 Å². The van der Waals surface area contributed by atoms with Crippen LogP contribution in [0.1, 0.15) is 31.5 Å². The van der Waals surface area contributed by atoms with Crippen molar-refractivity contribution < 1.29 is 5.11 Å². The second kappa shape index (κ2) is 5.55. The first-order chi connectivity index (χ1) is 8.98. The molecule has 3 N–H and O–H groups in total. The zero-order valence-corrected chi connectivity index (χ0v) is 11.5. The summed E-state index contributed by atoms with van der Waals surface area (Å²) in [6.07, 6.45) is 5.29. The number of imidazole rings is 1. The highest BCUT2D eigenvalue weighted by molar-refractivity contribution is 5.35. The fourth-order valence-electron chi connectivity index (χ4n) is 1.87. The SMILES string of the molecule is CC(C)(O)CCc1cn(-c2ccc(CN)cc2)cn1. The molecule has 2 aromatic rings. The summed E-state index contributed by atoms with van der Waals surface area (Å²) in [5.41, 5.74) is 8.11. The van der Waals surface area contributed by atoms with Crippen LogP contribution in [-0.4, -0.2) is 20.3 Å². The molecule has 2 rings (SSSR count). The molecule has 0 amide bonds. The lowest BCUT2D eigenvalue weighted by atomic mass is 10.0. The number of aryl methyl sites for hydroxylation is 1. The van der Waals surface area contributed by atoms with E-state index in [1.165, 1.54) is 0 Å². The molecule has 102 valence electrons. The van der Waals surface area contributed by atoms with Crippen molar-refractivity contribution >= 4 is 0 Å². The van der Waals surface area contributed by atoms with E-state index in [1.54, 1.807) is 6.33 Å². The molecule has 0 aliphatic rings. The average molecular weight is 259 g/mol. The summed E-state index contributed by atoms with van der Waals surface area (Å²) in [5.74, 6) is 0. The average Bonchev–Trinajstić information content (AvgIpc) is 2.84. The molecule has 0 aliphatic carbocycles. The van der Waals surface area contributed by atoms with E-state index in [-0.39, 0.29) is 0 Å². The van der Waals surface area contributed by atoms with Crippen LogP contribution in [0.2, 0.25) is 0 Å². The molecule has 1 aromatic carbocycles. The Hall–Kier alpha value is -1.65. The smallest absolute Gasteiger partial charge is 0.0995 e. The zero-order valence-electron chi connectivity index (χ0n) is 11.5. The number of nitrogens with two attached hydrogens (primary N) is 1. The molecule has 0 unspecified atom stereocenters. The van der Waals surface area contributed by atoms with Crippen molar-refractivity contribution in [3.63, 3.8) is 0 Å². The van der Waals surface area contributed by atoms with Crippen molar-refractivity contribution in [1.82, 2.24) is 9.55 Å². The van der Waals surface area contributed by atoms with E-state index >= 15 is 0 Å². The van der Waals surface area contributed by atoms with Crippen LogP contribution in [0.4, 0.5) is 0 Å². The Morgan fingerprint density at radius 2 is 1.95 bits per heavy atom. The molecule has 0 spiro atoms. The number of hydrogen-bond acceptors (Lipinski definition) is 3. The topological polar surface area (TPSA) is 64.1 Å². The molecule has 0 saturated carbocycles. The van der Waals surface area contributed by atoms with Gasteiger partial charge in [-0.2, -0.15) is 0 Å². The first kappa shape index (κ1) is 13.8. The Kier molecular flexibility index (Phi) is 4.02. The summed E-state index contributed by atoms with van der Waals surface area (Å²) in [7, 11) is 0. The van der Waals surface area contributed by atoms with Crippen LogP contribution in [0, 0.1) is 0 Å². The van der Waals surface area contributed by atoms with Gasteiger partial charge in [0, 0.05) is 18.4 Å². The lowest BCUT2D eigenvalue weighted by Crippen LogP contribution is -2.19. The van der Waals surface area contributed by atoms with Crippen LogP contribution < -0.4 is 5.73 Å². The molecule has 0 bridgehead atoms. The Morgan fingerprint density at radius 1 is 1.26 bits per heavy atom. The van der Waals surface area contributed by atoms with Crippen molar-refractivity contribution in [3.8, 4) is 5.69 Å². The van der Waals surface area contributed by atoms with Gasteiger partial charge in [0.15, 0.2) is 0 Å². The predicted octanol–water partition coefficient (Wildman–Crippen LogP) is 2.03. The Balaban J connectivity index is 2.07. The minimum Gasteiger partial charge on any atom is -0.390 e. The molecule has 0 fully saturated rings. The van der Waals surface area contributed by atoms with E-state index in [4.69, 9.17) is 5.73 Å².